The number of likely N-dealkylation sites (N-methyl/N-ethyl adjacent to an activating group) is 1. The summed E-state index contributed by atoms with van der Waals surface area (Å²) in [6.07, 6.45) is 0. The van der Waals surface area contributed by atoms with Gasteiger partial charge in [-0.05, 0) is 36.8 Å². The van der Waals surface area contributed by atoms with Gasteiger partial charge in [-0.2, -0.15) is 0 Å². The zero-order chi connectivity index (χ0) is 14.7. The molecule has 1 unspecified atom stereocenters. The minimum absolute atomic E-state index is 0. The van der Waals surface area contributed by atoms with Crippen molar-refractivity contribution < 1.29 is 4.79 Å². The van der Waals surface area contributed by atoms with Crippen molar-refractivity contribution in [1.82, 2.24) is 4.90 Å². The summed E-state index contributed by atoms with van der Waals surface area (Å²) < 4.78 is 0. The van der Waals surface area contributed by atoms with Crippen molar-refractivity contribution in [1.29, 1.82) is 0 Å². The summed E-state index contributed by atoms with van der Waals surface area (Å²) in [4.78, 5) is 15.8. The molecule has 2 N–H and O–H groups in total. The molecule has 2 rings (SSSR count). The van der Waals surface area contributed by atoms with Crippen LogP contribution in [0.3, 0.4) is 0 Å². The molecule has 21 heavy (non-hydrogen) atoms. The number of amides is 1. The first-order chi connectivity index (χ1) is 9.52. The molecule has 1 atom stereocenters. The van der Waals surface area contributed by atoms with Crippen molar-refractivity contribution in [2.75, 3.05) is 13.6 Å². The lowest BCUT2D eigenvalue weighted by Gasteiger charge is -2.22. The average Bonchev–Trinajstić information content (AvgIpc) is 2.95. The van der Waals surface area contributed by atoms with Crippen molar-refractivity contribution in [2.24, 2.45) is 5.73 Å². The van der Waals surface area contributed by atoms with E-state index in [0.29, 0.717) is 11.6 Å². The second kappa shape index (κ2) is 7.80. The minimum atomic E-state index is 0. The summed E-state index contributed by atoms with van der Waals surface area (Å²) in [6, 6.07) is 11.5. The van der Waals surface area contributed by atoms with E-state index in [-0.39, 0.29) is 24.4 Å². The van der Waals surface area contributed by atoms with E-state index in [4.69, 9.17) is 17.3 Å². The fraction of sp³-hybridized carbons (Fsp3) is 0.267. The van der Waals surface area contributed by atoms with Gasteiger partial charge in [-0.1, -0.05) is 23.7 Å². The number of carbonyl (C=O) groups excluding carboxylic acids is 1. The van der Waals surface area contributed by atoms with Crippen LogP contribution in [0.4, 0.5) is 0 Å². The van der Waals surface area contributed by atoms with Crippen molar-refractivity contribution >= 4 is 41.3 Å². The highest BCUT2D eigenvalue weighted by Crippen LogP contribution is 2.29. The Kier molecular flexibility index (Phi) is 6.68. The van der Waals surface area contributed by atoms with Gasteiger partial charge in [-0.3, -0.25) is 4.79 Å². The third-order valence-corrected chi connectivity index (χ3v) is 4.64. The van der Waals surface area contributed by atoms with Gasteiger partial charge in [0.25, 0.3) is 5.91 Å². The van der Waals surface area contributed by atoms with E-state index in [0.717, 1.165) is 15.3 Å². The Hall–Kier alpha value is -1.07. The maximum absolute atomic E-state index is 12.3. The molecule has 114 valence electrons. The van der Waals surface area contributed by atoms with Gasteiger partial charge in [0.15, 0.2) is 0 Å². The number of benzene rings is 1. The zero-order valence-corrected chi connectivity index (χ0v) is 14.3. The molecule has 0 saturated carbocycles. The largest absolute Gasteiger partial charge is 0.337 e. The van der Waals surface area contributed by atoms with Crippen molar-refractivity contribution in [3.63, 3.8) is 0 Å². The van der Waals surface area contributed by atoms with E-state index in [9.17, 15) is 4.79 Å². The van der Waals surface area contributed by atoms with Crippen molar-refractivity contribution in [3.05, 3.63) is 46.3 Å². The van der Waals surface area contributed by atoms with E-state index in [2.05, 4.69) is 0 Å². The standard InChI is InChI=1S/C15H17ClN2OS.ClH/c1-10(9-17)18(2)15(19)14-8-7-13(20-14)11-3-5-12(16)6-4-11;/h3-8,10H,9,17H2,1-2H3;1H. The second-order valence-corrected chi connectivity index (χ2v) is 6.19. The van der Waals surface area contributed by atoms with E-state index < -0.39 is 0 Å². The summed E-state index contributed by atoms with van der Waals surface area (Å²) in [7, 11) is 1.78. The normalized spacial score (nSPS) is 11.6. The summed E-state index contributed by atoms with van der Waals surface area (Å²) in [6.45, 7) is 2.39. The highest BCUT2D eigenvalue weighted by atomic mass is 35.5. The van der Waals surface area contributed by atoms with Crippen molar-refractivity contribution in [2.45, 2.75) is 13.0 Å². The Bertz CT molecular complexity index is 598. The number of hydrogen-bond acceptors (Lipinski definition) is 3. The average molecular weight is 345 g/mol. The summed E-state index contributed by atoms with van der Waals surface area (Å²) in [5.41, 5.74) is 6.66. The van der Waals surface area contributed by atoms with E-state index in [1.807, 2.05) is 43.3 Å². The van der Waals surface area contributed by atoms with Crippen LogP contribution in [0.5, 0.6) is 0 Å². The lowest BCUT2D eigenvalue weighted by atomic mass is 10.2. The molecule has 1 amide bonds. The maximum atomic E-state index is 12.3. The number of nitrogens with zero attached hydrogens (tertiary/aromatic N) is 1. The van der Waals surface area contributed by atoms with E-state index in [1.165, 1.54) is 11.3 Å². The van der Waals surface area contributed by atoms with Gasteiger partial charge in [0.05, 0.1) is 4.88 Å². The highest BCUT2D eigenvalue weighted by molar-refractivity contribution is 7.17. The molecular weight excluding hydrogens is 327 g/mol. The Morgan fingerprint density at radius 3 is 2.48 bits per heavy atom. The van der Waals surface area contributed by atoms with Crippen molar-refractivity contribution in [3.8, 4) is 10.4 Å². The monoisotopic (exact) mass is 344 g/mol. The van der Waals surface area contributed by atoms with Gasteiger partial charge in [-0.15, -0.1) is 23.7 Å². The van der Waals surface area contributed by atoms with Gasteiger partial charge in [0.1, 0.15) is 0 Å². The Morgan fingerprint density at radius 2 is 1.90 bits per heavy atom. The third-order valence-electron chi connectivity index (χ3n) is 3.27. The summed E-state index contributed by atoms with van der Waals surface area (Å²) in [5, 5.41) is 0.707. The number of thiophene rings is 1. The van der Waals surface area contributed by atoms with Gasteiger partial charge >= 0.3 is 0 Å². The van der Waals surface area contributed by atoms with E-state index in [1.54, 1.807) is 11.9 Å². The molecule has 1 aromatic carbocycles. The molecule has 3 nitrogen and oxygen atoms in total. The molecule has 0 aliphatic rings. The molecule has 6 heteroatoms. The first-order valence-corrected chi connectivity index (χ1v) is 7.55. The molecule has 2 aromatic rings. The summed E-state index contributed by atoms with van der Waals surface area (Å²) in [5.74, 6) is 0.00756. The van der Waals surface area contributed by atoms with Crippen LogP contribution >= 0.6 is 35.3 Å². The second-order valence-electron chi connectivity index (χ2n) is 4.67. The Labute approximate surface area is 140 Å². The molecule has 0 fully saturated rings. The fourth-order valence-electron chi connectivity index (χ4n) is 1.75. The predicted molar refractivity (Wildman–Crippen MR) is 92.6 cm³/mol. The number of halogens is 2. The molecule has 0 aliphatic heterocycles. The molecule has 0 saturated heterocycles. The zero-order valence-electron chi connectivity index (χ0n) is 11.9. The van der Waals surface area contributed by atoms with Crippen LogP contribution in [0.2, 0.25) is 5.02 Å². The Morgan fingerprint density at radius 1 is 1.29 bits per heavy atom. The minimum Gasteiger partial charge on any atom is -0.337 e. The molecule has 0 radical (unpaired) electrons. The van der Waals surface area contributed by atoms with Gasteiger partial charge in [-0.25, -0.2) is 0 Å². The summed E-state index contributed by atoms with van der Waals surface area (Å²) >= 11 is 7.36. The topological polar surface area (TPSA) is 46.3 Å². The molecule has 1 aromatic heterocycles. The van der Waals surface area contributed by atoms with Crippen LogP contribution in [0.15, 0.2) is 36.4 Å². The van der Waals surface area contributed by atoms with E-state index >= 15 is 0 Å². The SMILES string of the molecule is CC(CN)N(C)C(=O)c1ccc(-c2ccc(Cl)cc2)s1.Cl. The smallest absolute Gasteiger partial charge is 0.263 e. The molecule has 0 aliphatic carbocycles. The molecular formula is C15H18Cl2N2OS. The fourth-order valence-corrected chi connectivity index (χ4v) is 2.87. The van der Waals surface area contributed by atoms with Crippen LogP contribution in [0, 0.1) is 0 Å². The number of rotatable bonds is 4. The number of nitrogens with two attached hydrogens (primary N) is 1. The number of carbonyl (C=O) groups is 1. The predicted octanol–water partition coefficient (Wildman–Crippen LogP) is 3.91. The molecule has 0 spiro atoms. The first kappa shape index (κ1) is 18.0. The van der Waals surface area contributed by atoms with Crippen LogP contribution in [-0.2, 0) is 0 Å². The molecule has 0 bridgehead atoms. The van der Waals surface area contributed by atoms with Gasteiger partial charge in [0.2, 0.25) is 0 Å². The first-order valence-electron chi connectivity index (χ1n) is 6.36. The third kappa shape index (κ3) is 4.20. The molecule has 1 heterocycles. The van der Waals surface area contributed by atoms with Gasteiger partial charge < -0.3 is 10.6 Å². The highest BCUT2D eigenvalue weighted by Gasteiger charge is 2.18. The van der Waals surface area contributed by atoms with Crippen LogP contribution in [0.25, 0.3) is 10.4 Å². The van der Waals surface area contributed by atoms with Crippen LogP contribution in [0.1, 0.15) is 16.6 Å². The number of hydrogen-bond donors (Lipinski definition) is 1. The van der Waals surface area contributed by atoms with Crippen LogP contribution < -0.4 is 5.73 Å². The lowest BCUT2D eigenvalue weighted by molar-refractivity contribution is 0.0753. The lowest BCUT2D eigenvalue weighted by Crippen LogP contribution is -2.39. The van der Waals surface area contributed by atoms with Crippen LogP contribution in [-0.4, -0.2) is 30.4 Å². The van der Waals surface area contributed by atoms with Gasteiger partial charge in [0, 0.05) is 29.5 Å². The quantitative estimate of drug-likeness (QED) is 0.913. The Balaban J connectivity index is 0.00000220. The maximum Gasteiger partial charge on any atom is 0.263 e.